The highest BCUT2D eigenvalue weighted by Gasteiger charge is 2.38. The summed E-state index contributed by atoms with van der Waals surface area (Å²) in [6, 6.07) is 6.41. The highest BCUT2D eigenvalue weighted by atomic mass is 35.5. The second kappa shape index (κ2) is 8.47. The van der Waals surface area contributed by atoms with E-state index in [-0.39, 0.29) is 12.5 Å². The topological polar surface area (TPSA) is 75.4 Å². The fraction of sp³-hybridized carbons (Fsp3) is 0.333. The molecule has 2 amide bonds. The molecule has 3 rings (SSSR count). The van der Waals surface area contributed by atoms with Crippen LogP contribution < -0.4 is 11.1 Å². The summed E-state index contributed by atoms with van der Waals surface area (Å²) in [5.41, 5.74) is 6.83. The Morgan fingerprint density at radius 3 is 2.48 bits per heavy atom. The molecule has 0 saturated heterocycles. The van der Waals surface area contributed by atoms with Gasteiger partial charge in [0.05, 0.1) is 6.04 Å². The van der Waals surface area contributed by atoms with E-state index >= 15 is 0 Å². The fourth-order valence-corrected chi connectivity index (χ4v) is 3.60. The van der Waals surface area contributed by atoms with E-state index in [2.05, 4.69) is 5.32 Å². The largest absolute Gasteiger partial charge is 0.325 e. The molecule has 154 valence electrons. The van der Waals surface area contributed by atoms with E-state index in [9.17, 15) is 18.4 Å². The Morgan fingerprint density at radius 2 is 1.86 bits per heavy atom. The van der Waals surface area contributed by atoms with Gasteiger partial charge < -0.3 is 16.0 Å². The lowest BCUT2D eigenvalue weighted by Gasteiger charge is -2.38. The number of carbonyl (C=O) groups excluding carboxylic acids is 2. The number of anilines is 1. The van der Waals surface area contributed by atoms with Gasteiger partial charge in [-0.1, -0.05) is 37.6 Å². The molecule has 2 aromatic carbocycles. The third-order valence-corrected chi connectivity index (χ3v) is 5.31. The first-order valence-electron chi connectivity index (χ1n) is 9.30. The fourth-order valence-electron chi connectivity index (χ4n) is 3.40. The Bertz CT molecular complexity index is 931. The van der Waals surface area contributed by atoms with Crippen LogP contribution in [0, 0.1) is 17.6 Å². The molecule has 2 atom stereocenters. The zero-order chi connectivity index (χ0) is 21.3. The van der Waals surface area contributed by atoms with Crippen LogP contribution in [-0.2, 0) is 16.0 Å². The number of nitrogens with two attached hydrogens (primary N) is 1. The number of para-hydroxylation sites is 1. The minimum Gasteiger partial charge on any atom is -0.325 e. The summed E-state index contributed by atoms with van der Waals surface area (Å²) in [5, 5.41) is 2.80. The first kappa shape index (κ1) is 21.2. The molecule has 3 N–H and O–H groups in total. The van der Waals surface area contributed by atoms with Gasteiger partial charge in [-0.3, -0.25) is 9.59 Å². The normalized spacial score (nSPS) is 17.1. The molecule has 0 bridgehead atoms. The summed E-state index contributed by atoms with van der Waals surface area (Å²) in [6.45, 7) is 3.86. The number of nitrogens with zero attached hydrogens (tertiary/aromatic N) is 1. The quantitative estimate of drug-likeness (QED) is 0.791. The molecule has 0 radical (unpaired) electrons. The zero-order valence-corrected chi connectivity index (χ0v) is 16.8. The van der Waals surface area contributed by atoms with Crippen LogP contribution in [0.2, 0.25) is 5.02 Å². The Morgan fingerprint density at radius 1 is 1.21 bits per heavy atom. The van der Waals surface area contributed by atoms with Gasteiger partial charge in [0.1, 0.15) is 23.4 Å². The van der Waals surface area contributed by atoms with Crippen LogP contribution in [0.15, 0.2) is 36.4 Å². The van der Waals surface area contributed by atoms with Crippen LogP contribution >= 0.6 is 11.6 Å². The van der Waals surface area contributed by atoms with Crippen LogP contribution in [0.25, 0.3) is 0 Å². The Kier molecular flexibility index (Phi) is 6.19. The highest BCUT2D eigenvalue weighted by Crippen LogP contribution is 2.34. The lowest BCUT2D eigenvalue weighted by Crippen LogP contribution is -2.52. The monoisotopic (exact) mass is 421 g/mol. The van der Waals surface area contributed by atoms with E-state index in [1.165, 1.54) is 11.0 Å². The molecular formula is C21H22ClF2N3O2. The van der Waals surface area contributed by atoms with Gasteiger partial charge in [-0.2, -0.15) is 0 Å². The number of nitrogens with one attached hydrogen (secondary N) is 1. The highest BCUT2D eigenvalue weighted by molar-refractivity contribution is 6.30. The van der Waals surface area contributed by atoms with Crippen molar-refractivity contribution >= 4 is 29.1 Å². The van der Waals surface area contributed by atoms with Crippen LogP contribution in [0.3, 0.4) is 0 Å². The maximum Gasteiger partial charge on any atom is 0.251 e. The molecule has 0 aromatic heterocycles. The van der Waals surface area contributed by atoms with Crippen molar-refractivity contribution in [2.24, 2.45) is 11.7 Å². The molecule has 1 unspecified atom stereocenters. The number of hydrogen-bond donors (Lipinski definition) is 2. The lowest BCUT2D eigenvalue weighted by molar-refractivity contribution is -0.141. The van der Waals surface area contributed by atoms with Crippen molar-refractivity contribution in [3.8, 4) is 0 Å². The minimum absolute atomic E-state index is 0.137. The van der Waals surface area contributed by atoms with Crippen molar-refractivity contribution in [2.75, 3.05) is 11.9 Å². The van der Waals surface area contributed by atoms with Crippen molar-refractivity contribution in [1.29, 1.82) is 0 Å². The summed E-state index contributed by atoms with van der Waals surface area (Å²) in [4.78, 5) is 27.4. The second-order valence-electron chi connectivity index (χ2n) is 7.38. The molecule has 29 heavy (non-hydrogen) atoms. The van der Waals surface area contributed by atoms with Gasteiger partial charge in [-0.05, 0) is 47.7 Å². The van der Waals surface area contributed by atoms with Gasteiger partial charge in [0.2, 0.25) is 5.91 Å². The summed E-state index contributed by atoms with van der Waals surface area (Å²) in [6.07, 6.45) is 0.490. The molecule has 5 nitrogen and oxygen atoms in total. The molecule has 0 saturated carbocycles. The summed E-state index contributed by atoms with van der Waals surface area (Å²) in [5.74, 6) is -3.05. The number of amides is 2. The molecule has 0 aliphatic carbocycles. The SMILES string of the molecule is CC(C)[C@H](N)C(=O)N1CCc2cc(Cl)ccc2C1C(=O)Nc1c(F)cccc1F. The van der Waals surface area contributed by atoms with E-state index in [4.69, 9.17) is 17.3 Å². The third kappa shape index (κ3) is 4.26. The summed E-state index contributed by atoms with van der Waals surface area (Å²) >= 11 is 6.07. The van der Waals surface area contributed by atoms with Crippen molar-refractivity contribution < 1.29 is 18.4 Å². The van der Waals surface area contributed by atoms with Gasteiger partial charge in [0, 0.05) is 11.6 Å². The van der Waals surface area contributed by atoms with E-state index in [0.29, 0.717) is 17.0 Å². The average Bonchev–Trinajstić information content (AvgIpc) is 2.68. The lowest BCUT2D eigenvalue weighted by atomic mass is 9.90. The van der Waals surface area contributed by atoms with Gasteiger partial charge in [0.25, 0.3) is 5.91 Å². The average molecular weight is 422 g/mol. The molecule has 1 aliphatic heterocycles. The number of benzene rings is 2. The Labute approximate surface area is 172 Å². The van der Waals surface area contributed by atoms with Crippen molar-refractivity contribution in [1.82, 2.24) is 4.90 Å². The molecule has 0 fully saturated rings. The number of carbonyl (C=O) groups is 2. The van der Waals surface area contributed by atoms with Gasteiger partial charge in [-0.15, -0.1) is 0 Å². The molecule has 1 aliphatic rings. The van der Waals surface area contributed by atoms with Gasteiger partial charge in [-0.25, -0.2) is 8.78 Å². The summed E-state index contributed by atoms with van der Waals surface area (Å²) < 4.78 is 28.1. The number of halogens is 3. The maximum atomic E-state index is 14.0. The molecule has 0 spiro atoms. The number of rotatable bonds is 4. The Hall–Kier alpha value is -2.51. The van der Waals surface area contributed by atoms with Crippen molar-refractivity contribution in [2.45, 2.75) is 32.4 Å². The van der Waals surface area contributed by atoms with Crippen molar-refractivity contribution in [3.63, 3.8) is 0 Å². The Balaban J connectivity index is 2.01. The van der Waals surface area contributed by atoms with Crippen LogP contribution in [-0.4, -0.2) is 29.3 Å². The molecule has 2 aromatic rings. The predicted octanol–water partition coefficient (Wildman–Crippen LogP) is 3.67. The maximum absolute atomic E-state index is 14.0. The van der Waals surface area contributed by atoms with Crippen molar-refractivity contribution in [3.05, 3.63) is 64.2 Å². The molecular weight excluding hydrogens is 400 g/mol. The van der Waals surface area contributed by atoms with Gasteiger partial charge >= 0.3 is 0 Å². The van der Waals surface area contributed by atoms with Crippen LogP contribution in [0.1, 0.15) is 31.0 Å². The van der Waals surface area contributed by atoms with E-state index < -0.39 is 41.2 Å². The molecule has 1 heterocycles. The summed E-state index contributed by atoms with van der Waals surface area (Å²) in [7, 11) is 0. The first-order valence-corrected chi connectivity index (χ1v) is 9.67. The third-order valence-electron chi connectivity index (χ3n) is 5.08. The second-order valence-corrected chi connectivity index (χ2v) is 7.82. The van der Waals surface area contributed by atoms with E-state index in [1.54, 1.807) is 18.2 Å². The van der Waals surface area contributed by atoms with E-state index in [1.807, 2.05) is 13.8 Å². The standard InChI is InChI=1S/C21H22ClF2N3O2/c1-11(2)17(25)21(29)27-9-8-12-10-13(22)6-7-14(12)19(27)20(28)26-18-15(23)4-3-5-16(18)24/h3-7,10-11,17,19H,8-9,25H2,1-2H3,(H,26,28)/t17-,19?/m0/s1. The zero-order valence-electron chi connectivity index (χ0n) is 16.1. The minimum atomic E-state index is -1.08. The van der Waals surface area contributed by atoms with Crippen LogP contribution in [0.4, 0.5) is 14.5 Å². The first-order chi connectivity index (χ1) is 13.7. The van der Waals surface area contributed by atoms with Crippen LogP contribution in [0.5, 0.6) is 0 Å². The molecule has 8 heteroatoms. The van der Waals surface area contributed by atoms with E-state index in [0.717, 1.165) is 17.7 Å². The smallest absolute Gasteiger partial charge is 0.251 e. The number of fused-ring (bicyclic) bond motifs is 1. The number of hydrogen-bond acceptors (Lipinski definition) is 3. The van der Waals surface area contributed by atoms with Gasteiger partial charge in [0.15, 0.2) is 0 Å². The predicted molar refractivity (Wildman–Crippen MR) is 107 cm³/mol.